The lowest BCUT2D eigenvalue weighted by Crippen LogP contribution is -2.39. The van der Waals surface area contributed by atoms with Gasteiger partial charge in [-0.2, -0.15) is 5.26 Å². The number of imide groups is 1. The lowest BCUT2D eigenvalue weighted by Gasteiger charge is -2.28. The Labute approximate surface area is 371 Å². The molecule has 1 aliphatic heterocycles. The van der Waals surface area contributed by atoms with Gasteiger partial charge in [0.05, 0.1) is 17.9 Å². The molecule has 1 atom stereocenters. The normalized spacial score (nSPS) is 13.4. The van der Waals surface area contributed by atoms with E-state index in [9.17, 15) is 29.2 Å². The van der Waals surface area contributed by atoms with Crippen LogP contribution in [0.3, 0.4) is 0 Å². The molecule has 1 saturated heterocycles. The Morgan fingerprint density at radius 2 is 1.69 bits per heavy atom. The van der Waals surface area contributed by atoms with E-state index < -0.39 is 5.41 Å². The number of piperidine rings is 1. The van der Waals surface area contributed by atoms with E-state index in [0.717, 1.165) is 28.1 Å². The third kappa shape index (κ3) is 14.4. The number of aromatic nitrogens is 2. The molecule has 0 saturated carbocycles. The minimum absolute atomic E-state index is 0.0164. The zero-order valence-electron chi connectivity index (χ0n) is 37.8. The number of thioether (sulfide) groups is 1. The maximum absolute atomic E-state index is 12.7. The number of anilines is 1. The topological polar surface area (TPSA) is 177 Å². The number of carbonyl (C=O) groups excluding carboxylic acids is 5. The Morgan fingerprint density at radius 3 is 2.29 bits per heavy atom. The van der Waals surface area contributed by atoms with E-state index in [1.54, 1.807) is 38.2 Å². The molecule has 2 N–H and O–H groups in total. The minimum Gasteiger partial charge on any atom is -0.492 e. The number of unbranched alkanes of at least 4 members (excludes halogenated alkanes) is 1. The van der Waals surface area contributed by atoms with Crippen LogP contribution in [0.5, 0.6) is 11.5 Å². The summed E-state index contributed by atoms with van der Waals surface area (Å²) in [5.74, 6) is 0.283. The number of ketones is 2. The lowest BCUT2D eigenvalue weighted by atomic mass is 9.77. The molecule has 62 heavy (non-hydrogen) atoms. The molecular formula is C49H61N5O7S. The number of nitrogens with one attached hydrogen (secondary N) is 2. The molecule has 330 valence electrons. The first-order chi connectivity index (χ1) is 29.6. The quantitative estimate of drug-likeness (QED) is 0.0340. The molecule has 3 amide bonds. The summed E-state index contributed by atoms with van der Waals surface area (Å²) in [5, 5.41) is 15.9. The van der Waals surface area contributed by atoms with Gasteiger partial charge < -0.3 is 14.8 Å². The molecule has 1 fully saturated rings. The second kappa shape index (κ2) is 24.5. The van der Waals surface area contributed by atoms with Crippen LogP contribution in [-0.2, 0) is 32.8 Å². The molecule has 0 bridgehead atoms. The number of benzene rings is 3. The van der Waals surface area contributed by atoms with Crippen molar-refractivity contribution in [3.05, 3.63) is 106 Å². The van der Waals surface area contributed by atoms with Gasteiger partial charge in [0.15, 0.2) is 16.7 Å². The van der Waals surface area contributed by atoms with Crippen LogP contribution in [0.15, 0.2) is 72.0 Å². The molecule has 1 aromatic heterocycles. The Kier molecular flexibility index (Phi) is 20.0. The number of rotatable bonds is 17. The average Bonchev–Trinajstić information content (AvgIpc) is 3.27. The molecule has 2 heterocycles. The average molecular weight is 864 g/mol. The Morgan fingerprint density at radius 1 is 0.984 bits per heavy atom. The molecule has 12 nitrogen and oxygen atoms in total. The van der Waals surface area contributed by atoms with E-state index in [2.05, 4.69) is 46.6 Å². The first-order valence-electron chi connectivity index (χ1n) is 21.2. The monoisotopic (exact) mass is 863 g/mol. The molecule has 0 spiro atoms. The van der Waals surface area contributed by atoms with Crippen LogP contribution in [0.1, 0.15) is 143 Å². The zero-order valence-corrected chi connectivity index (χ0v) is 38.6. The van der Waals surface area contributed by atoms with E-state index in [4.69, 9.17) is 9.47 Å². The van der Waals surface area contributed by atoms with Crippen molar-refractivity contribution in [1.82, 2.24) is 15.3 Å². The summed E-state index contributed by atoms with van der Waals surface area (Å²) in [5.41, 5.74) is 5.08. The number of ether oxygens (including phenoxy) is 2. The third-order valence-corrected chi connectivity index (χ3v) is 10.8. The molecular weight excluding hydrogens is 803 g/mol. The number of hydrogen-bond donors (Lipinski definition) is 2. The smallest absolute Gasteiger partial charge is 0.229 e. The maximum atomic E-state index is 12.7. The van der Waals surface area contributed by atoms with Crippen molar-refractivity contribution in [2.24, 2.45) is 11.8 Å². The van der Waals surface area contributed by atoms with Crippen LogP contribution in [0, 0.1) is 23.2 Å². The summed E-state index contributed by atoms with van der Waals surface area (Å²) in [6.45, 7) is 17.8. The van der Waals surface area contributed by atoms with Crippen molar-refractivity contribution in [2.75, 3.05) is 18.2 Å². The van der Waals surface area contributed by atoms with Gasteiger partial charge in [-0.25, -0.2) is 9.97 Å². The molecule has 1 aliphatic rings. The van der Waals surface area contributed by atoms with Crippen molar-refractivity contribution in [1.29, 1.82) is 5.26 Å². The highest BCUT2D eigenvalue weighted by atomic mass is 32.2. The Hall–Kier alpha value is -5.87. The second-order valence-corrected chi connectivity index (χ2v) is 16.3. The number of nitrogens with zero attached hydrogens (tertiary/aromatic N) is 3. The fourth-order valence-corrected chi connectivity index (χ4v) is 6.81. The summed E-state index contributed by atoms with van der Waals surface area (Å²) >= 11 is 1.49. The lowest BCUT2D eigenvalue weighted by molar-refractivity contribution is -0.135. The maximum Gasteiger partial charge on any atom is 0.229 e. The minimum atomic E-state index is -0.394. The summed E-state index contributed by atoms with van der Waals surface area (Å²) in [6, 6.07) is 21.0. The highest BCUT2D eigenvalue weighted by Crippen LogP contribution is 2.37. The predicted octanol–water partition coefficient (Wildman–Crippen LogP) is 9.85. The highest BCUT2D eigenvalue weighted by molar-refractivity contribution is 7.98. The summed E-state index contributed by atoms with van der Waals surface area (Å²) < 4.78 is 12.1. The van der Waals surface area contributed by atoms with Crippen molar-refractivity contribution in [2.45, 2.75) is 118 Å². The number of hydrogen-bond acceptors (Lipinski definition) is 11. The van der Waals surface area contributed by atoms with E-state index in [-0.39, 0.29) is 47.5 Å². The van der Waals surface area contributed by atoms with Gasteiger partial charge in [0.25, 0.3) is 0 Å². The molecule has 0 radical (unpaired) electrons. The number of amides is 3. The fourth-order valence-electron chi connectivity index (χ4n) is 6.44. The van der Waals surface area contributed by atoms with Gasteiger partial charge in [-0.15, -0.1) is 0 Å². The van der Waals surface area contributed by atoms with Crippen LogP contribution in [-0.4, -0.2) is 52.1 Å². The first kappa shape index (κ1) is 50.5. The molecule has 0 aliphatic carbocycles. The van der Waals surface area contributed by atoms with E-state index in [0.29, 0.717) is 78.6 Å². The Balaban J connectivity index is 0.000000815. The predicted molar refractivity (Wildman–Crippen MR) is 244 cm³/mol. The molecule has 5 rings (SSSR count). The zero-order chi connectivity index (χ0) is 46.0. The van der Waals surface area contributed by atoms with Gasteiger partial charge >= 0.3 is 0 Å². The number of Topliss-reactive ketones (excluding diaryl/α,β-unsaturated/α-hetero) is 2. The van der Waals surface area contributed by atoms with E-state index in [1.807, 2.05) is 70.3 Å². The summed E-state index contributed by atoms with van der Waals surface area (Å²) in [7, 11) is 0. The third-order valence-electron chi connectivity index (χ3n) is 10.3. The van der Waals surface area contributed by atoms with Gasteiger partial charge in [-0.1, -0.05) is 85.4 Å². The first-order valence-corrected chi connectivity index (χ1v) is 22.4. The van der Waals surface area contributed by atoms with Gasteiger partial charge in [-0.3, -0.25) is 29.3 Å². The van der Waals surface area contributed by atoms with Crippen molar-refractivity contribution in [3.63, 3.8) is 0 Å². The van der Waals surface area contributed by atoms with Crippen molar-refractivity contribution in [3.8, 4) is 17.6 Å². The van der Waals surface area contributed by atoms with Crippen LogP contribution in [0.2, 0.25) is 0 Å². The highest BCUT2D eigenvalue weighted by Gasteiger charge is 2.26. The van der Waals surface area contributed by atoms with Crippen LogP contribution in [0.4, 0.5) is 5.69 Å². The van der Waals surface area contributed by atoms with Crippen molar-refractivity contribution < 1.29 is 33.4 Å². The molecule has 1 unspecified atom stereocenters. The van der Waals surface area contributed by atoms with Crippen LogP contribution in [0.25, 0.3) is 0 Å². The summed E-state index contributed by atoms with van der Waals surface area (Å²) in [4.78, 5) is 67.2. The number of carbonyl (C=O) groups is 5. The largest absolute Gasteiger partial charge is 0.492 e. The van der Waals surface area contributed by atoms with Gasteiger partial charge in [0.1, 0.15) is 24.2 Å². The summed E-state index contributed by atoms with van der Waals surface area (Å²) in [6.07, 6.45) is 6.99. The molecule has 13 heteroatoms. The second-order valence-electron chi connectivity index (χ2n) is 15.5. The standard InChI is InChI=1S/C41H46N4O5S.C6H9NO2.C2H6/c1-8-28-21-31(41(5,6)30-12-15-34(16-13-30)50-25-33-18-19-43-40(45-33)51-7)22-29(24-42)39(28)49-20-10-9-11-37(47)44-32-14-17-35(38(48)26(2)3)36(23-32)27(4)46;1-4-2-3-5(8)7-6(4)9;1-2/h12-19,21-23,26H,8-11,20,25H2,1-7H3,(H,44,47);4H,2-3H2,1H3,(H,7,8,9);1-2H3. The number of nitriles is 1. The molecule has 3 aromatic carbocycles. The van der Waals surface area contributed by atoms with Crippen molar-refractivity contribution >= 4 is 46.7 Å². The van der Waals surface area contributed by atoms with E-state index >= 15 is 0 Å². The van der Waals surface area contributed by atoms with Crippen LogP contribution >= 0.6 is 11.8 Å². The number of aryl methyl sites for hydroxylation is 1. The fraction of sp³-hybridized carbons (Fsp3) is 0.429. The van der Waals surface area contributed by atoms with E-state index in [1.165, 1.54) is 18.7 Å². The Bertz CT molecular complexity index is 2230. The SMILES string of the molecule is CC.CC1CCC(=O)NC1=O.CCc1cc(C(C)(C)c2ccc(OCc3ccnc(SC)n3)cc2)cc(C#N)c1OCCCCC(=O)Nc1ccc(C(=O)C(C)C)c(C(C)=O)c1. The molecule has 4 aromatic rings. The van der Waals surface area contributed by atoms with Gasteiger partial charge in [-0.05, 0) is 98.0 Å². The van der Waals surface area contributed by atoms with Gasteiger partial charge in [0, 0.05) is 53.1 Å². The van der Waals surface area contributed by atoms with Crippen LogP contribution < -0.4 is 20.1 Å². The van der Waals surface area contributed by atoms with Gasteiger partial charge in [0.2, 0.25) is 17.7 Å².